The number of halogens is 1. The summed E-state index contributed by atoms with van der Waals surface area (Å²) in [6, 6.07) is 6.74. The Bertz CT molecular complexity index is 505. The van der Waals surface area contributed by atoms with Gasteiger partial charge in [-0.25, -0.2) is 4.39 Å². The van der Waals surface area contributed by atoms with Crippen LogP contribution in [-0.4, -0.2) is 35.7 Å². The molecule has 1 atom stereocenters. The summed E-state index contributed by atoms with van der Waals surface area (Å²) in [4.78, 5) is 13.5. The molecule has 1 fully saturated rings. The van der Waals surface area contributed by atoms with E-state index in [0.29, 0.717) is 25.6 Å². The second-order valence-corrected chi connectivity index (χ2v) is 5.87. The number of benzene rings is 1. The van der Waals surface area contributed by atoms with Crippen LogP contribution < -0.4 is 10.2 Å². The standard InChI is InChI=1S/C16H23FN2O2/c1-3-19(14-6-4-5-12(17)11-14)10-9-16(2,15(20)21)18-13-7-8-13/h4-6,11,13,18H,3,7-10H2,1-2H3,(H,20,21). The molecule has 0 heterocycles. The molecule has 4 nitrogen and oxygen atoms in total. The van der Waals surface area contributed by atoms with Gasteiger partial charge >= 0.3 is 5.97 Å². The molecule has 116 valence electrons. The predicted molar refractivity (Wildman–Crippen MR) is 81.1 cm³/mol. The topological polar surface area (TPSA) is 52.6 Å². The minimum absolute atomic E-state index is 0.275. The second kappa shape index (κ2) is 6.43. The molecular formula is C16H23FN2O2. The Labute approximate surface area is 125 Å². The van der Waals surface area contributed by atoms with Crippen LogP contribution >= 0.6 is 0 Å². The normalized spacial score (nSPS) is 17.3. The van der Waals surface area contributed by atoms with Crippen molar-refractivity contribution in [2.45, 2.75) is 44.7 Å². The first-order valence-corrected chi connectivity index (χ1v) is 7.46. The van der Waals surface area contributed by atoms with Gasteiger partial charge in [0.1, 0.15) is 11.4 Å². The lowest BCUT2D eigenvalue weighted by Gasteiger charge is -2.31. The number of rotatable bonds is 8. The monoisotopic (exact) mass is 294 g/mol. The Balaban J connectivity index is 2.02. The number of nitrogens with zero attached hydrogens (tertiary/aromatic N) is 1. The molecular weight excluding hydrogens is 271 g/mol. The molecule has 2 N–H and O–H groups in total. The molecule has 1 aromatic carbocycles. The van der Waals surface area contributed by atoms with E-state index in [1.54, 1.807) is 13.0 Å². The summed E-state index contributed by atoms with van der Waals surface area (Å²) in [6.07, 6.45) is 2.57. The number of carboxylic acid groups (broad SMARTS) is 1. The Morgan fingerprint density at radius 1 is 1.52 bits per heavy atom. The first kappa shape index (κ1) is 15.8. The number of hydrogen-bond donors (Lipinski definition) is 2. The molecule has 0 saturated heterocycles. The maximum absolute atomic E-state index is 13.3. The summed E-state index contributed by atoms with van der Waals surface area (Å²) in [5, 5.41) is 12.7. The smallest absolute Gasteiger partial charge is 0.323 e. The highest BCUT2D eigenvalue weighted by molar-refractivity contribution is 5.78. The zero-order chi connectivity index (χ0) is 15.5. The molecule has 1 saturated carbocycles. The molecule has 21 heavy (non-hydrogen) atoms. The van der Waals surface area contributed by atoms with Crippen molar-refractivity contribution in [2.75, 3.05) is 18.0 Å². The lowest BCUT2D eigenvalue weighted by Crippen LogP contribution is -2.52. The van der Waals surface area contributed by atoms with Crippen LogP contribution in [0.4, 0.5) is 10.1 Å². The van der Waals surface area contributed by atoms with Crippen molar-refractivity contribution >= 4 is 11.7 Å². The third-order valence-corrected chi connectivity index (χ3v) is 4.01. The average Bonchev–Trinajstić information content (AvgIpc) is 3.23. The van der Waals surface area contributed by atoms with E-state index in [4.69, 9.17) is 0 Å². The van der Waals surface area contributed by atoms with E-state index < -0.39 is 11.5 Å². The molecule has 1 aromatic rings. The second-order valence-electron chi connectivity index (χ2n) is 5.87. The van der Waals surface area contributed by atoms with Gasteiger partial charge in [0.15, 0.2) is 0 Å². The fourth-order valence-corrected chi connectivity index (χ4v) is 2.42. The highest BCUT2D eigenvalue weighted by Gasteiger charge is 2.38. The summed E-state index contributed by atoms with van der Waals surface area (Å²) in [6.45, 7) is 5.00. The lowest BCUT2D eigenvalue weighted by atomic mass is 9.97. The van der Waals surface area contributed by atoms with Crippen LogP contribution in [0, 0.1) is 5.82 Å². The van der Waals surface area contributed by atoms with Gasteiger partial charge < -0.3 is 10.0 Å². The summed E-state index contributed by atoms with van der Waals surface area (Å²) in [5.41, 5.74) is -0.140. The van der Waals surface area contributed by atoms with Crippen LogP contribution in [-0.2, 0) is 4.79 Å². The molecule has 0 amide bonds. The van der Waals surface area contributed by atoms with Crippen LogP contribution in [0.1, 0.15) is 33.1 Å². The molecule has 0 radical (unpaired) electrons. The van der Waals surface area contributed by atoms with Gasteiger partial charge in [-0.15, -0.1) is 0 Å². The summed E-state index contributed by atoms with van der Waals surface area (Å²) in [5.74, 6) is -1.10. The zero-order valence-electron chi connectivity index (χ0n) is 12.6. The lowest BCUT2D eigenvalue weighted by molar-refractivity contribution is -0.144. The van der Waals surface area contributed by atoms with Crippen molar-refractivity contribution in [3.63, 3.8) is 0 Å². The van der Waals surface area contributed by atoms with Crippen LogP contribution in [0.25, 0.3) is 0 Å². The molecule has 0 spiro atoms. The highest BCUT2D eigenvalue weighted by Crippen LogP contribution is 2.25. The molecule has 1 aliphatic carbocycles. The minimum Gasteiger partial charge on any atom is -0.480 e. The maximum Gasteiger partial charge on any atom is 0.323 e. The summed E-state index contributed by atoms with van der Waals surface area (Å²) < 4.78 is 13.3. The van der Waals surface area contributed by atoms with Crippen molar-refractivity contribution in [2.24, 2.45) is 0 Å². The van der Waals surface area contributed by atoms with Gasteiger partial charge in [-0.1, -0.05) is 6.07 Å². The minimum atomic E-state index is -0.929. The fourth-order valence-electron chi connectivity index (χ4n) is 2.42. The Hall–Kier alpha value is -1.62. The Morgan fingerprint density at radius 2 is 2.24 bits per heavy atom. The first-order chi connectivity index (χ1) is 9.94. The van der Waals surface area contributed by atoms with E-state index in [-0.39, 0.29) is 5.82 Å². The van der Waals surface area contributed by atoms with Gasteiger partial charge in [-0.3, -0.25) is 10.1 Å². The van der Waals surface area contributed by atoms with Crippen LogP contribution in [0.2, 0.25) is 0 Å². The largest absolute Gasteiger partial charge is 0.480 e. The summed E-state index contributed by atoms with van der Waals surface area (Å²) >= 11 is 0. The van der Waals surface area contributed by atoms with E-state index in [2.05, 4.69) is 5.32 Å². The van der Waals surface area contributed by atoms with E-state index in [9.17, 15) is 14.3 Å². The van der Waals surface area contributed by atoms with Gasteiger partial charge in [0, 0.05) is 24.8 Å². The van der Waals surface area contributed by atoms with Crippen LogP contribution in [0.5, 0.6) is 0 Å². The fraction of sp³-hybridized carbons (Fsp3) is 0.562. The Morgan fingerprint density at radius 3 is 2.76 bits per heavy atom. The molecule has 0 aliphatic heterocycles. The maximum atomic E-state index is 13.3. The van der Waals surface area contributed by atoms with Crippen molar-refractivity contribution in [3.8, 4) is 0 Å². The van der Waals surface area contributed by atoms with E-state index in [1.165, 1.54) is 12.1 Å². The molecule has 0 aromatic heterocycles. The van der Waals surface area contributed by atoms with Crippen molar-refractivity contribution in [1.82, 2.24) is 5.32 Å². The molecule has 2 rings (SSSR count). The van der Waals surface area contributed by atoms with Crippen molar-refractivity contribution in [3.05, 3.63) is 30.1 Å². The number of carbonyl (C=O) groups is 1. The molecule has 1 aliphatic rings. The zero-order valence-corrected chi connectivity index (χ0v) is 12.6. The van der Waals surface area contributed by atoms with Gasteiger partial charge in [0.2, 0.25) is 0 Å². The van der Waals surface area contributed by atoms with E-state index in [1.807, 2.05) is 17.9 Å². The van der Waals surface area contributed by atoms with Gasteiger partial charge in [-0.05, 0) is 51.3 Å². The van der Waals surface area contributed by atoms with Crippen LogP contribution in [0.15, 0.2) is 24.3 Å². The number of carboxylic acids is 1. The third-order valence-electron chi connectivity index (χ3n) is 4.01. The highest BCUT2D eigenvalue weighted by atomic mass is 19.1. The van der Waals surface area contributed by atoms with E-state index in [0.717, 1.165) is 18.5 Å². The summed E-state index contributed by atoms with van der Waals surface area (Å²) in [7, 11) is 0. The van der Waals surface area contributed by atoms with Gasteiger partial charge in [0.05, 0.1) is 0 Å². The van der Waals surface area contributed by atoms with Gasteiger partial charge in [0.25, 0.3) is 0 Å². The third kappa shape index (κ3) is 4.17. The predicted octanol–water partition coefficient (Wildman–Crippen LogP) is 2.64. The SMILES string of the molecule is CCN(CCC(C)(NC1CC1)C(=O)O)c1cccc(F)c1. The van der Waals surface area contributed by atoms with Crippen molar-refractivity contribution in [1.29, 1.82) is 0 Å². The number of aliphatic carboxylic acids is 1. The van der Waals surface area contributed by atoms with E-state index >= 15 is 0 Å². The number of hydrogen-bond acceptors (Lipinski definition) is 3. The Kier molecular flexibility index (Phi) is 4.83. The first-order valence-electron chi connectivity index (χ1n) is 7.46. The number of anilines is 1. The van der Waals surface area contributed by atoms with Crippen molar-refractivity contribution < 1.29 is 14.3 Å². The molecule has 1 unspecified atom stereocenters. The van der Waals surface area contributed by atoms with Crippen LogP contribution in [0.3, 0.4) is 0 Å². The average molecular weight is 294 g/mol. The molecule has 5 heteroatoms. The quantitative estimate of drug-likeness (QED) is 0.774. The van der Waals surface area contributed by atoms with Gasteiger partial charge in [-0.2, -0.15) is 0 Å². The molecule has 0 bridgehead atoms. The number of nitrogens with one attached hydrogen (secondary N) is 1.